The molecule has 2 aromatic heterocycles. The van der Waals surface area contributed by atoms with Crippen molar-refractivity contribution in [3.63, 3.8) is 0 Å². The zero-order valence-corrected chi connectivity index (χ0v) is 9.92. The molecule has 3 rings (SSSR count). The molecule has 1 aromatic carbocycles. The normalized spacial score (nSPS) is 10.8. The number of hydrogen-bond donors (Lipinski definition) is 0. The molecule has 0 saturated heterocycles. The van der Waals surface area contributed by atoms with Gasteiger partial charge in [0.2, 0.25) is 5.78 Å². The van der Waals surface area contributed by atoms with Crippen molar-refractivity contribution in [2.24, 2.45) is 0 Å². The highest BCUT2D eigenvalue weighted by Crippen LogP contribution is 2.21. The van der Waals surface area contributed by atoms with Crippen molar-refractivity contribution in [2.45, 2.75) is 0 Å². The molecule has 0 N–H and O–H groups in total. The Labute approximate surface area is 101 Å². The van der Waals surface area contributed by atoms with Gasteiger partial charge in [0, 0.05) is 22.4 Å². The highest BCUT2D eigenvalue weighted by molar-refractivity contribution is 9.10. The van der Waals surface area contributed by atoms with Crippen molar-refractivity contribution in [1.29, 1.82) is 0 Å². The zero-order chi connectivity index (χ0) is 11.0. The second-order valence-electron chi connectivity index (χ2n) is 3.44. The fourth-order valence-corrected chi connectivity index (χ4v) is 1.93. The highest BCUT2D eigenvalue weighted by atomic mass is 79.9. The number of hydrogen-bond acceptors (Lipinski definition) is 2. The minimum absolute atomic E-state index is 0.723. The highest BCUT2D eigenvalue weighted by Gasteiger charge is 2.05. The Morgan fingerprint density at radius 2 is 1.88 bits per heavy atom. The van der Waals surface area contributed by atoms with Gasteiger partial charge in [-0.25, -0.2) is 9.97 Å². The predicted octanol–water partition coefficient (Wildman–Crippen LogP) is 3.16. The fourth-order valence-electron chi connectivity index (χ4n) is 1.66. The topological polar surface area (TPSA) is 30.2 Å². The lowest BCUT2D eigenvalue weighted by Gasteiger charge is -2.00. The Hall–Kier alpha value is -1.68. The van der Waals surface area contributed by atoms with Crippen LogP contribution in [0.1, 0.15) is 0 Å². The fraction of sp³-hybridized carbons (Fsp3) is 0. The molecule has 16 heavy (non-hydrogen) atoms. The Bertz CT molecular complexity index is 628. The first-order chi connectivity index (χ1) is 7.84. The van der Waals surface area contributed by atoms with Crippen molar-refractivity contribution in [2.75, 3.05) is 0 Å². The summed E-state index contributed by atoms with van der Waals surface area (Å²) < 4.78 is 3.05. The monoisotopic (exact) mass is 273 g/mol. The second kappa shape index (κ2) is 3.72. The van der Waals surface area contributed by atoms with E-state index in [4.69, 9.17) is 0 Å². The van der Waals surface area contributed by atoms with Gasteiger partial charge in [-0.2, -0.15) is 0 Å². The molecule has 0 aliphatic rings. The van der Waals surface area contributed by atoms with Crippen molar-refractivity contribution >= 4 is 21.7 Å². The molecule has 0 radical (unpaired) electrons. The number of fused-ring (bicyclic) bond motifs is 1. The van der Waals surface area contributed by atoms with Crippen LogP contribution in [0.2, 0.25) is 0 Å². The lowest BCUT2D eigenvalue weighted by molar-refractivity contribution is 1.11. The van der Waals surface area contributed by atoms with Gasteiger partial charge in [0.15, 0.2) is 0 Å². The van der Waals surface area contributed by atoms with Crippen LogP contribution in [-0.4, -0.2) is 14.4 Å². The van der Waals surface area contributed by atoms with E-state index in [-0.39, 0.29) is 0 Å². The van der Waals surface area contributed by atoms with Crippen LogP contribution < -0.4 is 0 Å². The maximum absolute atomic E-state index is 4.26. The van der Waals surface area contributed by atoms with Gasteiger partial charge < -0.3 is 0 Å². The zero-order valence-electron chi connectivity index (χ0n) is 8.34. The summed E-state index contributed by atoms with van der Waals surface area (Å²) in [7, 11) is 0. The quantitative estimate of drug-likeness (QED) is 0.682. The van der Waals surface area contributed by atoms with Crippen LogP contribution in [0, 0.1) is 0 Å². The van der Waals surface area contributed by atoms with Crippen molar-refractivity contribution < 1.29 is 0 Å². The summed E-state index contributed by atoms with van der Waals surface area (Å²) >= 11 is 3.42. The summed E-state index contributed by atoms with van der Waals surface area (Å²) in [6, 6.07) is 10.0. The van der Waals surface area contributed by atoms with Crippen LogP contribution in [0.25, 0.3) is 17.0 Å². The molecule has 0 unspecified atom stereocenters. The number of benzene rings is 1. The lowest BCUT2D eigenvalue weighted by Crippen LogP contribution is -1.89. The first kappa shape index (κ1) is 9.54. The number of nitrogens with zero attached hydrogens (tertiary/aromatic N) is 3. The van der Waals surface area contributed by atoms with Gasteiger partial charge in [-0.1, -0.05) is 28.1 Å². The minimum Gasteiger partial charge on any atom is -0.284 e. The molecule has 0 saturated carbocycles. The smallest absolute Gasteiger partial charge is 0.234 e. The van der Waals surface area contributed by atoms with Gasteiger partial charge in [-0.05, 0) is 18.2 Å². The summed E-state index contributed by atoms with van der Waals surface area (Å²) in [6.45, 7) is 0. The molecule has 0 aliphatic heterocycles. The third-order valence-corrected chi connectivity index (χ3v) is 2.96. The van der Waals surface area contributed by atoms with E-state index in [9.17, 15) is 0 Å². The summed E-state index contributed by atoms with van der Waals surface area (Å²) in [5.41, 5.74) is 2.18. The third-order valence-electron chi connectivity index (χ3n) is 2.43. The lowest BCUT2D eigenvalue weighted by atomic mass is 10.2. The Morgan fingerprint density at radius 3 is 2.69 bits per heavy atom. The maximum atomic E-state index is 4.26. The molecule has 3 aromatic rings. The molecule has 2 heterocycles. The van der Waals surface area contributed by atoms with Gasteiger partial charge in [0.05, 0.1) is 11.9 Å². The van der Waals surface area contributed by atoms with E-state index in [2.05, 4.69) is 38.0 Å². The maximum Gasteiger partial charge on any atom is 0.234 e. The average Bonchev–Trinajstić information content (AvgIpc) is 2.74. The van der Waals surface area contributed by atoms with Crippen LogP contribution in [0.15, 0.2) is 53.4 Å². The molecule has 0 atom stereocenters. The van der Waals surface area contributed by atoms with E-state index >= 15 is 0 Å². The molecule has 4 heteroatoms. The number of imidazole rings is 1. The second-order valence-corrected chi connectivity index (χ2v) is 4.36. The Balaban J connectivity index is 2.22. The van der Waals surface area contributed by atoms with E-state index in [1.54, 1.807) is 6.20 Å². The molecular formula is C12H8BrN3. The first-order valence-electron chi connectivity index (χ1n) is 4.88. The van der Waals surface area contributed by atoms with Crippen LogP contribution in [0.4, 0.5) is 0 Å². The number of aromatic nitrogens is 3. The first-order valence-corrected chi connectivity index (χ1v) is 5.68. The van der Waals surface area contributed by atoms with E-state index in [0.29, 0.717) is 0 Å². The molecular weight excluding hydrogens is 266 g/mol. The van der Waals surface area contributed by atoms with Gasteiger partial charge in [0.25, 0.3) is 0 Å². The SMILES string of the molecule is Brc1ccc(-c2cnc3ncccn23)cc1. The molecule has 0 fully saturated rings. The summed E-state index contributed by atoms with van der Waals surface area (Å²) in [4.78, 5) is 8.45. The van der Waals surface area contributed by atoms with Crippen LogP contribution in [-0.2, 0) is 0 Å². The Kier molecular flexibility index (Phi) is 2.22. The Morgan fingerprint density at radius 1 is 1.06 bits per heavy atom. The summed E-state index contributed by atoms with van der Waals surface area (Å²) in [5.74, 6) is 0.723. The van der Waals surface area contributed by atoms with Crippen LogP contribution in [0.3, 0.4) is 0 Å². The van der Waals surface area contributed by atoms with Crippen LogP contribution in [0.5, 0.6) is 0 Å². The predicted molar refractivity (Wildman–Crippen MR) is 66.1 cm³/mol. The van der Waals surface area contributed by atoms with Crippen molar-refractivity contribution in [3.8, 4) is 11.3 Å². The largest absolute Gasteiger partial charge is 0.284 e. The van der Waals surface area contributed by atoms with Gasteiger partial charge in [-0.3, -0.25) is 4.40 Å². The van der Waals surface area contributed by atoms with Crippen LogP contribution >= 0.6 is 15.9 Å². The molecule has 3 nitrogen and oxygen atoms in total. The number of rotatable bonds is 1. The molecule has 0 aliphatic carbocycles. The van der Waals surface area contributed by atoms with Gasteiger partial charge >= 0.3 is 0 Å². The molecule has 78 valence electrons. The van der Waals surface area contributed by atoms with E-state index in [0.717, 1.165) is 21.5 Å². The summed E-state index contributed by atoms with van der Waals surface area (Å²) in [6.07, 6.45) is 5.55. The van der Waals surface area contributed by atoms with Crippen molar-refractivity contribution in [1.82, 2.24) is 14.4 Å². The van der Waals surface area contributed by atoms with Gasteiger partial charge in [-0.15, -0.1) is 0 Å². The van der Waals surface area contributed by atoms with E-state index in [1.807, 2.05) is 35.0 Å². The third kappa shape index (κ3) is 1.51. The summed E-state index contributed by atoms with van der Waals surface area (Å²) in [5, 5.41) is 0. The van der Waals surface area contributed by atoms with Gasteiger partial charge in [0.1, 0.15) is 0 Å². The number of halogens is 1. The minimum atomic E-state index is 0.723. The molecule has 0 amide bonds. The van der Waals surface area contributed by atoms with E-state index < -0.39 is 0 Å². The van der Waals surface area contributed by atoms with Crippen molar-refractivity contribution in [3.05, 3.63) is 53.4 Å². The average molecular weight is 274 g/mol. The molecule has 0 bridgehead atoms. The van der Waals surface area contributed by atoms with E-state index in [1.165, 1.54) is 0 Å². The standard InChI is InChI=1S/C12H8BrN3/c13-10-4-2-9(3-5-10)11-8-15-12-14-6-1-7-16(11)12/h1-8H. The molecule has 0 spiro atoms.